The van der Waals surface area contributed by atoms with E-state index >= 15 is 0 Å². The number of hydrogen-bond acceptors (Lipinski definition) is 5. The predicted molar refractivity (Wildman–Crippen MR) is 90.7 cm³/mol. The quantitative estimate of drug-likeness (QED) is 0.597. The molecule has 0 amide bonds. The molecule has 0 aliphatic heterocycles. The van der Waals surface area contributed by atoms with Crippen molar-refractivity contribution in [2.45, 2.75) is 0 Å². The van der Waals surface area contributed by atoms with Crippen molar-refractivity contribution < 1.29 is 19.2 Å². The number of nitrogens with zero attached hydrogens (tertiary/aromatic N) is 2. The first-order valence-corrected chi connectivity index (χ1v) is 7.53. The van der Waals surface area contributed by atoms with Crippen LogP contribution >= 0.6 is 0 Å². The number of aromatic carboxylic acids is 1. The van der Waals surface area contributed by atoms with Crippen LogP contribution in [-0.2, 0) is 0 Å². The van der Waals surface area contributed by atoms with Gasteiger partial charge in [-0.2, -0.15) is 0 Å². The molecule has 122 valence electrons. The van der Waals surface area contributed by atoms with Crippen LogP contribution in [0.15, 0.2) is 71.4 Å². The minimum atomic E-state index is -0.999. The molecule has 4 aromatic rings. The van der Waals surface area contributed by atoms with E-state index in [1.807, 2.05) is 24.3 Å². The van der Waals surface area contributed by atoms with Crippen LogP contribution in [0.4, 0.5) is 0 Å². The lowest BCUT2D eigenvalue weighted by Gasteiger charge is -2.05. The minimum absolute atomic E-state index is 0.179. The number of ether oxygens (including phenoxy) is 1. The Kier molecular flexibility index (Phi) is 3.63. The first kappa shape index (κ1) is 14.9. The number of carboxylic acid groups (broad SMARTS) is 1. The van der Waals surface area contributed by atoms with E-state index in [0.717, 1.165) is 5.56 Å². The van der Waals surface area contributed by atoms with Crippen LogP contribution in [0.2, 0.25) is 0 Å². The molecule has 0 atom stereocenters. The van der Waals surface area contributed by atoms with Gasteiger partial charge in [0.2, 0.25) is 5.88 Å². The van der Waals surface area contributed by atoms with Crippen molar-refractivity contribution in [1.82, 2.24) is 10.1 Å². The number of rotatable bonds is 4. The lowest BCUT2D eigenvalue weighted by atomic mass is 10.1. The summed E-state index contributed by atoms with van der Waals surface area (Å²) in [5.74, 6) is 0.566. The maximum atomic E-state index is 11.2. The summed E-state index contributed by atoms with van der Waals surface area (Å²) >= 11 is 0. The van der Waals surface area contributed by atoms with Crippen LogP contribution in [0.1, 0.15) is 10.4 Å². The summed E-state index contributed by atoms with van der Waals surface area (Å²) in [6.07, 6.45) is 1.65. The fourth-order valence-corrected chi connectivity index (χ4v) is 2.51. The fourth-order valence-electron chi connectivity index (χ4n) is 2.51. The van der Waals surface area contributed by atoms with Crippen LogP contribution in [0.25, 0.3) is 22.2 Å². The third-order valence-corrected chi connectivity index (χ3v) is 3.68. The Balaban J connectivity index is 1.75. The van der Waals surface area contributed by atoms with Gasteiger partial charge in [-0.05, 0) is 36.4 Å². The van der Waals surface area contributed by atoms with Crippen molar-refractivity contribution >= 4 is 16.9 Å². The number of hydrogen-bond donors (Lipinski definition) is 1. The molecule has 4 rings (SSSR count). The number of pyridine rings is 1. The van der Waals surface area contributed by atoms with E-state index < -0.39 is 5.97 Å². The van der Waals surface area contributed by atoms with Gasteiger partial charge in [-0.15, -0.1) is 0 Å². The average molecular weight is 332 g/mol. The molecule has 0 fully saturated rings. The summed E-state index contributed by atoms with van der Waals surface area (Å²) in [4.78, 5) is 15.3. The standard InChI is InChI=1S/C19H12N2O4/c22-19(23)13-7-8-16-15(11-13)18(25-21-16)12-4-3-5-14(10-12)24-17-6-1-2-9-20-17/h1-11H,(H,22,23). The van der Waals surface area contributed by atoms with Crippen molar-refractivity contribution in [2.75, 3.05) is 0 Å². The zero-order valence-electron chi connectivity index (χ0n) is 12.9. The van der Waals surface area contributed by atoms with Crippen LogP contribution in [0, 0.1) is 0 Å². The SMILES string of the molecule is O=C(O)c1ccc2noc(-c3cccc(Oc4ccccn4)c3)c2c1. The number of benzene rings is 2. The molecule has 0 saturated heterocycles. The maximum absolute atomic E-state index is 11.2. The summed E-state index contributed by atoms with van der Waals surface area (Å²) in [5, 5.41) is 13.8. The van der Waals surface area contributed by atoms with Crippen molar-refractivity contribution in [3.05, 3.63) is 72.4 Å². The zero-order valence-corrected chi connectivity index (χ0v) is 12.9. The first-order chi connectivity index (χ1) is 12.2. The van der Waals surface area contributed by atoms with Crippen LogP contribution < -0.4 is 4.74 Å². The molecule has 2 heterocycles. The van der Waals surface area contributed by atoms with Gasteiger partial charge in [-0.25, -0.2) is 9.78 Å². The Bertz CT molecular complexity index is 1060. The molecule has 0 aliphatic rings. The number of carbonyl (C=O) groups is 1. The van der Waals surface area contributed by atoms with Gasteiger partial charge in [0.1, 0.15) is 11.3 Å². The Morgan fingerprint density at radius 1 is 1.04 bits per heavy atom. The van der Waals surface area contributed by atoms with Crippen molar-refractivity contribution in [3.63, 3.8) is 0 Å². The normalized spacial score (nSPS) is 10.7. The van der Waals surface area contributed by atoms with Gasteiger partial charge >= 0.3 is 5.97 Å². The number of carboxylic acids is 1. The molecule has 6 heteroatoms. The van der Waals surface area contributed by atoms with Crippen molar-refractivity contribution in [3.8, 4) is 23.0 Å². The molecule has 0 radical (unpaired) electrons. The Morgan fingerprint density at radius 3 is 2.76 bits per heavy atom. The summed E-state index contributed by atoms with van der Waals surface area (Å²) in [7, 11) is 0. The highest BCUT2D eigenvalue weighted by Gasteiger charge is 2.14. The monoisotopic (exact) mass is 332 g/mol. The molecule has 0 spiro atoms. The Morgan fingerprint density at radius 2 is 1.96 bits per heavy atom. The van der Waals surface area contributed by atoms with Gasteiger partial charge in [0.05, 0.1) is 10.9 Å². The molecule has 2 aromatic heterocycles. The molecule has 2 aromatic carbocycles. The summed E-state index contributed by atoms with van der Waals surface area (Å²) < 4.78 is 11.2. The van der Waals surface area contributed by atoms with Gasteiger partial charge < -0.3 is 14.4 Å². The Hall–Kier alpha value is -3.67. The topological polar surface area (TPSA) is 85.5 Å². The van der Waals surface area contributed by atoms with Gasteiger partial charge in [-0.1, -0.05) is 23.4 Å². The maximum Gasteiger partial charge on any atom is 0.335 e. The number of aromatic nitrogens is 2. The van der Waals surface area contributed by atoms with Crippen LogP contribution in [0.3, 0.4) is 0 Å². The van der Waals surface area contributed by atoms with Crippen molar-refractivity contribution in [2.24, 2.45) is 0 Å². The molecule has 25 heavy (non-hydrogen) atoms. The van der Waals surface area contributed by atoms with E-state index in [4.69, 9.17) is 9.26 Å². The second kappa shape index (κ2) is 6.09. The van der Waals surface area contributed by atoms with E-state index in [1.54, 1.807) is 36.5 Å². The van der Waals surface area contributed by atoms with E-state index in [9.17, 15) is 9.90 Å². The highest BCUT2D eigenvalue weighted by atomic mass is 16.5. The molecule has 1 N–H and O–H groups in total. The smallest absolute Gasteiger partial charge is 0.335 e. The van der Waals surface area contributed by atoms with E-state index in [0.29, 0.717) is 28.3 Å². The molecule has 0 saturated carbocycles. The first-order valence-electron chi connectivity index (χ1n) is 7.53. The van der Waals surface area contributed by atoms with Gasteiger partial charge in [0.15, 0.2) is 5.76 Å². The summed E-state index contributed by atoms with van der Waals surface area (Å²) in [6, 6.07) is 17.3. The van der Waals surface area contributed by atoms with Crippen LogP contribution in [-0.4, -0.2) is 21.2 Å². The minimum Gasteiger partial charge on any atom is -0.478 e. The molecular weight excluding hydrogens is 320 g/mol. The van der Waals surface area contributed by atoms with Crippen LogP contribution in [0.5, 0.6) is 11.6 Å². The number of fused-ring (bicyclic) bond motifs is 1. The lowest BCUT2D eigenvalue weighted by Crippen LogP contribution is -1.94. The molecule has 0 aliphatic carbocycles. The summed E-state index contributed by atoms with van der Waals surface area (Å²) in [6.45, 7) is 0. The Labute approximate surface area is 142 Å². The van der Waals surface area contributed by atoms with Gasteiger partial charge in [0, 0.05) is 17.8 Å². The van der Waals surface area contributed by atoms with E-state index in [-0.39, 0.29) is 5.56 Å². The molecule has 0 unspecified atom stereocenters. The molecule has 0 bridgehead atoms. The lowest BCUT2D eigenvalue weighted by molar-refractivity contribution is 0.0697. The highest BCUT2D eigenvalue weighted by molar-refractivity contribution is 5.98. The molecular formula is C19H12N2O4. The summed E-state index contributed by atoms with van der Waals surface area (Å²) in [5.41, 5.74) is 1.51. The van der Waals surface area contributed by atoms with Gasteiger partial charge in [0.25, 0.3) is 0 Å². The third-order valence-electron chi connectivity index (χ3n) is 3.68. The van der Waals surface area contributed by atoms with E-state index in [1.165, 1.54) is 6.07 Å². The predicted octanol–water partition coefficient (Wildman–Crippen LogP) is 4.38. The fraction of sp³-hybridized carbons (Fsp3) is 0. The second-order valence-corrected chi connectivity index (χ2v) is 5.35. The second-order valence-electron chi connectivity index (χ2n) is 5.35. The zero-order chi connectivity index (χ0) is 17.2. The van der Waals surface area contributed by atoms with Crippen molar-refractivity contribution in [1.29, 1.82) is 0 Å². The molecule has 6 nitrogen and oxygen atoms in total. The van der Waals surface area contributed by atoms with E-state index in [2.05, 4.69) is 10.1 Å². The highest BCUT2D eigenvalue weighted by Crippen LogP contribution is 2.32. The average Bonchev–Trinajstić information content (AvgIpc) is 3.06. The third kappa shape index (κ3) is 2.92. The van der Waals surface area contributed by atoms with Gasteiger partial charge in [-0.3, -0.25) is 0 Å². The largest absolute Gasteiger partial charge is 0.478 e.